The summed E-state index contributed by atoms with van der Waals surface area (Å²) in [6, 6.07) is 4.74. The lowest BCUT2D eigenvalue weighted by Crippen LogP contribution is -2.57. The van der Waals surface area contributed by atoms with E-state index < -0.39 is 0 Å². The highest BCUT2D eigenvalue weighted by Gasteiger charge is 2.51. The van der Waals surface area contributed by atoms with Gasteiger partial charge in [0.1, 0.15) is 6.10 Å². The maximum absolute atomic E-state index is 13.6. The Hall–Kier alpha value is -0.610. The number of ether oxygens (including phenoxy) is 1. The van der Waals surface area contributed by atoms with Crippen molar-refractivity contribution in [3.05, 3.63) is 28.5 Å². The Labute approximate surface area is 109 Å². The van der Waals surface area contributed by atoms with Gasteiger partial charge in [0.15, 0.2) is 11.6 Å². The summed E-state index contributed by atoms with van der Waals surface area (Å²) in [5.41, 5.74) is -0.264. The zero-order valence-electron chi connectivity index (χ0n) is 9.91. The third-order valence-electron chi connectivity index (χ3n) is 3.86. The largest absolute Gasteiger partial charge is 0.487 e. The molecule has 3 atom stereocenters. The van der Waals surface area contributed by atoms with Gasteiger partial charge in [0.2, 0.25) is 0 Å². The molecule has 1 aliphatic carbocycles. The van der Waals surface area contributed by atoms with Crippen molar-refractivity contribution < 1.29 is 14.2 Å². The molecule has 1 fully saturated rings. The second-order valence-corrected chi connectivity index (χ2v) is 5.71. The zero-order chi connectivity index (χ0) is 12.6. The highest BCUT2D eigenvalue weighted by molar-refractivity contribution is 9.10. The van der Waals surface area contributed by atoms with Crippen LogP contribution in [0.25, 0.3) is 0 Å². The van der Waals surface area contributed by atoms with Gasteiger partial charge >= 0.3 is 0 Å². The first kappa shape index (κ1) is 12.8. The van der Waals surface area contributed by atoms with E-state index in [4.69, 9.17) is 4.74 Å². The molecule has 94 valence electrons. The van der Waals surface area contributed by atoms with Gasteiger partial charge in [0, 0.05) is 16.3 Å². The van der Waals surface area contributed by atoms with Crippen molar-refractivity contribution in [2.45, 2.75) is 38.9 Å². The van der Waals surface area contributed by atoms with Gasteiger partial charge in [0.25, 0.3) is 0 Å². The number of halogens is 2. The van der Waals surface area contributed by atoms with Crippen molar-refractivity contribution in [3.63, 3.8) is 0 Å². The molecule has 0 radical (unpaired) electrons. The summed E-state index contributed by atoms with van der Waals surface area (Å²) >= 11 is 3.20. The smallest absolute Gasteiger partial charge is 0.166 e. The van der Waals surface area contributed by atoms with E-state index >= 15 is 0 Å². The third kappa shape index (κ3) is 2.20. The minimum atomic E-state index is -0.376. The van der Waals surface area contributed by atoms with Gasteiger partial charge in [0.05, 0.1) is 6.10 Å². The molecule has 1 saturated carbocycles. The maximum Gasteiger partial charge on any atom is 0.166 e. The molecule has 0 aromatic heterocycles. The number of benzene rings is 1. The van der Waals surface area contributed by atoms with Crippen LogP contribution in [0.5, 0.6) is 5.75 Å². The molecular weight excluding hydrogens is 287 g/mol. The lowest BCUT2D eigenvalue weighted by molar-refractivity contribution is -0.147. The third-order valence-corrected chi connectivity index (χ3v) is 4.35. The van der Waals surface area contributed by atoms with E-state index in [0.29, 0.717) is 10.9 Å². The number of aliphatic hydroxyl groups excluding tert-OH is 1. The molecule has 0 bridgehead atoms. The summed E-state index contributed by atoms with van der Waals surface area (Å²) in [6.45, 7) is 3.99. The number of rotatable bonds is 3. The Balaban J connectivity index is 2.12. The van der Waals surface area contributed by atoms with Gasteiger partial charge in [-0.25, -0.2) is 4.39 Å². The number of aliphatic hydroxyl groups is 1. The monoisotopic (exact) mass is 302 g/mol. The van der Waals surface area contributed by atoms with Crippen LogP contribution in [0.15, 0.2) is 22.7 Å². The van der Waals surface area contributed by atoms with Crippen molar-refractivity contribution in [2.24, 2.45) is 5.41 Å². The quantitative estimate of drug-likeness (QED) is 0.926. The van der Waals surface area contributed by atoms with E-state index in [-0.39, 0.29) is 29.2 Å². The maximum atomic E-state index is 13.6. The average molecular weight is 303 g/mol. The van der Waals surface area contributed by atoms with E-state index in [1.54, 1.807) is 12.1 Å². The van der Waals surface area contributed by atoms with E-state index in [1.165, 1.54) is 6.07 Å². The van der Waals surface area contributed by atoms with Crippen LogP contribution in [0, 0.1) is 11.2 Å². The van der Waals surface area contributed by atoms with E-state index in [0.717, 1.165) is 6.42 Å². The number of hydrogen-bond donors (Lipinski definition) is 1. The average Bonchev–Trinajstić information content (AvgIpc) is 2.30. The van der Waals surface area contributed by atoms with Gasteiger partial charge < -0.3 is 9.84 Å². The van der Waals surface area contributed by atoms with Gasteiger partial charge in [-0.3, -0.25) is 0 Å². The van der Waals surface area contributed by atoms with E-state index in [9.17, 15) is 9.50 Å². The normalized spacial score (nSPS) is 32.1. The summed E-state index contributed by atoms with van der Waals surface area (Å²) in [6.07, 6.45) is 0.922. The van der Waals surface area contributed by atoms with Gasteiger partial charge in [-0.2, -0.15) is 0 Å². The van der Waals surface area contributed by atoms with E-state index in [1.807, 2.05) is 13.8 Å². The number of hydrogen-bond acceptors (Lipinski definition) is 2. The first-order valence-electron chi connectivity index (χ1n) is 5.77. The molecule has 0 heterocycles. The van der Waals surface area contributed by atoms with Crippen LogP contribution in [-0.4, -0.2) is 17.3 Å². The minimum Gasteiger partial charge on any atom is -0.487 e. The molecule has 0 saturated heterocycles. The molecule has 2 rings (SSSR count). The molecule has 1 aromatic rings. The molecule has 2 nitrogen and oxygen atoms in total. The van der Waals surface area contributed by atoms with Gasteiger partial charge in [-0.05, 0) is 24.6 Å². The van der Waals surface area contributed by atoms with Crippen LogP contribution in [0.3, 0.4) is 0 Å². The summed E-state index contributed by atoms with van der Waals surface area (Å²) < 4.78 is 20.0. The first-order chi connectivity index (χ1) is 7.97. The molecule has 0 aliphatic heterocycles. The Bertz CT molecular complexity index is 424. The molecular formula is C13H16BrFO2. The highest BCUT2D eigenvalue weighted by Crippen LogP contribution is 2.46. The fraction of sp³-hybridized carbons (Fsp3) is 0.538. The molecule has 1 aromatic carbocycles. The Morgan fingerprint density at radius 1 is 1.59 bits per heavy atom. The zero-order valence-corrected chi connectivity index (χ0v) is 11.5. The predicted octanol–water partition coefficient (Wildman–Crippen LogP) is 3.52. The second-order valence-electron chi connectivity index (χ2n) is 4.79. The topological polar surface area (TPSA) is 29.5 Å². The summed E-state index contributed by atoms with van der Waals surface area (Å²) in [7, 11) is 0. The Morgan fingerprint density at radius 3 is 2.82 bits per heavy atom. The Morgan fingerprint density at radius 2 is 2.29 bits per heavy atom. The van der Waals surface area contributed by atoms with Crippen LogP contribution in [0.1, 0.15) is 26.7 Å². The lowest BCUT2D eigenvalue weighted by Gasteiger charge is -2.50. The molecule has 17 heavy (non-hydrogen) atoms. The summed E-state index contributed by atoms with van der Waals surface area (Å²) in [5, 5.41) is 9.75. The van der Waals surface area contributed by atoms with Crippen LogP contribution >= 0.6 is 15.9 Å². The van der Waals surface area contributed by atoms with Crippen molar-refractivity contribution in [2.75, 3.05) is 0 Å². The fourth-order valence-corrected chi connectivity index (χ4v) is 2.50. The van der Waals surface area contributed by atoms with Crippen molar-refractivity contribution in [1.29, 1.82) is 0 Å². The van der Waals surface area contributed by atoms with Crippen LogP contribution in [0.4, 0.5) is 4.39 Å². The standard InChI is InChI=1S/C13H16BrFO2/c1-3-13(2)11(16)7-12(13)17-10-5-4-8(14)6-9(10)15/h4-6,11-12,16H,3,7H2,1-2H3. The molecule has 1 aliphatic rings. The van der Waals surface area contributed by atoms with Crippen molar-refractivity contribution in [3.8, 4) is 5.75 Å². The van der Waals surface area contributed by atoms with Gasteiger partial charge in [-0.1, -0.05) is 29.8 Å². The minimum absolute atomic E-state index is 0.113. The highest BCUT2D eigenvalue weighted by atomic mass is 79.9. The SMILES string of the molecule is CCC1(C)C(O)CC1Oc1ccc(Br)cc1F. The van der Waals surface area contributed by atoms with Crippen LogP contribution < -0.4 is 4.74 Å². The van der Waals surface area contributed by atoms with Gasteiger partial charge in [-0.15, -0.1) is 0 Å². The first-order valence-corrected chi connectivity index (χ1v) is 6.56. The molecule has 0 spiro atoms. The Kier molecular flexibility index (Phi) is 3.46. The molecule has 1 N–H and O–H groups in total. The molecule has 4 heteroatoms. The second kappa shape index (κ2) is 4.58. The molecule has 3 unspecified atom stereocenters. The van der Waals surface area contributed by atoms with Crippen molar-refractivity contribution >= 4 is 15.9 Å². The summed E-state index contributed by atoms with van der Waals surface area (Å²) in [4.78, 5) is 0. The molecule has 0 amide bonds. The fourth-order valence-electron chi connectivity index (χ4n) is 2.17. The summed E-state index contributed by atoms with van der Waals surface area (Å²) in [5.74, 6) is -0.121. The van der Waals surface area contributed by atoms with Crippen molar-refractivity contribution in [1.82, 2.24) is 0 Å². The van der Waals surface area contributed by atoms with Crippen LogP contribution in [-0.2, 0) is 0 Å². The van der Waals surface area contributed by atoms with E-state index in [2.05, 4.69) is 15.9 Å². The predicted molar refractivity (Wildman–Crippen MR) is 67.5 cm³/mol. The lowest BCUT2D eigenvalue weighted by atomic mass is 9.63. The van der Waals surface area contributed by atoms with Crippen LogP contribution in [0.2, 0.25) is 0 Å².